The second kappa shape index (κ2) is 8.17. The molecule has 3 aromatic rings. The minimum absolute atomic E-state index is 0.0295. The molecule has 28 heavy (non-hydrogen) atoms. The van der Waals surface area contributed by atoms with Crippen LogP contribution < -0.4 is 10.1 Å². The van der Waals surface area contributed by atoms with E-state index in [0.29, 0.717) is 11.4 Å². The zero-order valence-electron chi connectivity index (χ0n) is 16.4. The number of furan rings is 1. The summed E-state index contributed by atoms with van der Waals surface area (Å²) in [6, 6.07) is 11.0. The molecule has 3 rings (SSSR count). The summed E-state index contributed by atoms with van der Waals surface area (Å²) < 4.78 is 16.1. The van der Waals surface area contributed by atoms with Crippen LogP contribution in [-0.4, -0.2) is 25.1 Å². The van der Waals surface area contributed by atoms with Gasteiger partial charge in [0.1, 0.15) is 11.3 Å². The third-order valence-electron chi connectivity index (χ3n) is 4.72. The van der Waals surface area contributed by atoms with E-state index in [1.807, 2.05) is 26.0 Å². The minimum atomic E-state index is -0.945. The highest BCUT2D eigenvalue weighted by molar-refractivity contribution is 5.96. The molecule has 1 N–H and O–H groups in total. The van der Waals surface area contributed by atoms with E-state index in [1.165, 1.54) is 14.0 Å². The Balaban J connectivity index is 1.64. The van der Waals surface area contributed by atoms with Gasteiger partial charge in [0, 0.05) is 10.9 Å². The Hall–Kier alpha value is -3.28. The predicted octanol–water partition coefficient (Wildman–Crippen LogP) is 4.17. The van der Waals surface area contributed by atoms with Crippen molar-refractivity contribution in [1.29, 1.82) is 0 Å². The lowest BCUT2D eigenvalue weighted by atomic mass is 10.0. The Bertz CT molecular complexity index is 1020. The van der Waals surface area contributed by atoms with Gasteiger partial charge in [-0.1, -0.05) is 24.3 Å². The van der Waals surface area contributed by atoms with Crippen LogP contribution in [-0.2, 0) is 20.7 Å². The fourth-order valence-electron chi connectivity index (χ4n) is 2.96. The molecule has 6 heteroatoms. The number of nitrogens with one attached hydrogen (secondary N) is 1. The normalized spacial score (nSPS) is 11.9. The summed E-state index contributed by atoms with van der Waals surface area (Å²) in [5.41, 5.74) is 4.19. The third-order valence-corrected chi connectivity index (χ3v) is 4.72. The lowest BCUT2D eigenvalue weighted by Gasteiger charge is -2.15. The summed E-state index contributed by atoms with van der Waals surface area (Å²) in [5.74, 6) is -0.394. The Labute approximate surface area is 163 Å². The fourth-order valence-corrected chi connectivity index (χ4v) is 2.96. The van der Waals surface area contributed by atoms with E-state index in [2.05, 4.69) is 5.32 Å². The van der Waals surface area contributed by atoms with E-state index >= 15 is 0 Å². The van der Waals surface area contributed by atoms with Gasteiger partial charge in [-0.05, 0) is 44.0 Å². The van der Waals surface area contributed by atoms with E-state index in [0.717, 1.165) is 27.7 Å². The van der Waals surface area contributed by atoms with Gasteiger partial charge in [0.25, 0.3) is 5.91 Å². The number of carbonyl (C=O) groups excluding carboxylic acids is 2. The van der Waals surface area contributed by atoms with Crippen molar-refractivity contribution in [1.82, 2.24) is 0 Å². The highest BCUT2D eigenvalue weighted by Gasteiger charge is 2.21. The highest BCUT2D eigenvalue weighted by atomic mass is 16.5. The van der Waals surface area contributed by atoms with Gasteiger partial charge in [-0.3, -0.25) is 9.59 Å². The van der Waals surface area contributed by atoms with Crippen LogP contribution in [0.15, 0.2) is 47.1 Å². The lowest BCUT2D eigenvalue weighted by Crippen LogP contribution is -2.30. The number of fused-ring (bicyclic) bond motifs is 1. The maximum Gasteiger partial charge on any atom is 0.311 e. The molecule has 2 aromatic carbocycles. The molecule has 0 spiro atoms. The van der Waals surface area contributed by atoms with Crippen molar-refractivity contribution in [3.8, 4) is 5.75 Å². The largest absolute Gasteiger partial charge is 0.495 e. The molecule has 0 aliphatic heterocycles. The molecule has 1 amide bonds. The average molecular weight is 381 g/mol. The number of amides is 1. The maximum absolute atomic E-state index is 12.4. The van der Waals surface area contributed by atoms with Crippen LogP contribution in [0.4, 0.5) is 5.69 Å². The van der Waals surface area contributed by atoms with Crippen molar-refractivity contribution in [3.05, 3.63) is 59.4 Å². The van der Waals surface area contributed by atoms with Crippen LogP contribution in [0.1, 0.15) is 23.6 Å². The zero-order chi connectivity index (χ0) is 20.3. The number of ether oxygens (including phenoxy) is 2. The standard InChI is InChI=1S/C22H23NO5/c1-13-9-10-17-16(12-27-21(17)14(13)2)11-20(24)28-15(3)22(25)23-18-7-5-6-8-19(18)26-4/h5-10,12,15H,11H2,1-4H3,(H,23,25)/t15-/m1/s1. The van der Waals surface area contributed by atoms with Crippen molar-refractivity contribution in [2.45, 2.75) is 33.3 Å². The van der Waals surface area contributed by atoms with E-state index in [4.69, 9.17) is 13.9 Å². The summed E-state index contributed by atoms with van der Waals surface area (Å²) in [7, 11) is 1.52. The predicted molar refractivity (Wildman–Crippen MR) is 107 cm³/mol. The highest BCUT2D eigenvalue weighted by Crippen LogP contribution is 2.27. The number of aryl methyl sites for hydroxylation is 2. The fraction of sp³-hybridized carbons (Fsp3) is 0.273. The van der Waals surface area contributed by atoms with Gasteiger partial charge in [0.2, 0.25) is 0 Å². The summed E-state index contributed by atoms with van der Waals surface area (Å²) >= 11 is 0. The molecule has 0 aliphatic rings. The monoisotopic (exact) mass is 381 g/mol. The zero-order valence-corrected chi connectivity index (χ0v) is 16.4. The first-order valence-corrected chi connectivity index (χ1v) is 9.00. The molecule has 0 saturated carbocycles. The van der Waals surface area contributed by atoms with Gasteiger partial charge in [0.15, 0.2) is 6.10 Å². The summed E-state index contributed by atoms with van der Waals surface area (Å²) in [6.45, 7) is 5.52. The molecule has 0 aliphatic carbocycles. The molecule has 1 atom stereocenters. The molecule has 1 heterocycles. The Morgan fingerprint density at radius 1 is 1.14 bits per heavy atom. The van der Waals surface area contributed by atoms with Crippen LogP contribution in [0.3, 0.4) is 0 Å². The van der Waals surface area contributed by atoms with E-state index < -0.39 is 18.0 Å². The lowest BCUT2D eigenvalue weighted by molar-refractivity contribution is -0.152. The maximum atomic E-state index is 12.4. The SMILES string of the molecule is COc1ccccc1NC(=O)[C@@H](C)OC(=O)Cc1coc2c(C)c(C)ccc12. The molecule has 0 saturated heterocycles. The quantitative estimate of drug-likeness (QED) is 0.649. The number of hydrogen-bond donors (Lipinski definition) is 1. The molecule has 0 bridgehead atoms. The Morgan fingerprint density at radius 3 is 2.64 bits per heavy atom. The second-order valence-electron chi connectivity index (χ2n) is 6.64. The molecular formula is C22H23NO5. The smallest absolute Gasteiger partial charge is 0.311 e. The van der Waals surface area contributed by atoms with Gasteiger partial charge in [-0.25, -0.2) is 0 Å². The number of para-hydroxylation sites is 2. The summed E-state index contributed by atoms with van der Waals surface area (Å²) in [4.78, 5) is 24.7. The van der Waals surface area contributed by atoms with Crippen molar-refractivity contribution >= 4 is 28.5 Å². The summed E-state index contributed by atoms with van der Waals surface area (Å²) in [6.07, 6.45) is 0.652. The van der Waals surface area contributed by atoms with E-state index in [-0.39, 0.29) is 6.42 Å². The third kappa shape index (κ3) is 4.01. The molecule has 1 aromatic heterocycles. The van der Waals surface area contributed by atoms with Gasteiger partial charge < -0.3 is 19.2 Å². The number of rotatable bonds is 6. The van der Waals surface area contributed by atoms with Crippen LogP contribution in [0.25, 0.3) is 11.0 Å². The molecule has 0 fully saturated rings. The second-order valence-corrected chi connectivity index (χ2v) is 6.64. The van der Waals surface area contributed by atoms with Gasteiger partial charge >= 0.3 is 5.97 Å². The number of hydrogen-bond acceptors (Lipinski definition) is 5. The van der Waals surface area contributed by atoms with Crippen molar-refractivity contribution in [2.24, 2.45) is 0 Å². The van der Waals surface area contributed by atoms with Crippen molar-refractivity contribution < 1.29 is 23.5 Å². The van der Waals surface area contributed by atoms with Crippen molar-refractivity contribution in [3.63, 3.8) is 0 Å². The molecule has 0 radical (unpaired) electrons. The Morgan fingerprint density at radius 2 is 1.89 bits per heavy atom. The van der Waals surface area contributed by atoms with Crippen molar-refractivity contribution in [2.75, 3.05) is 12.4 Å². The first-order chi connectivity index (χ1) is 13.4. The minimum Gasteiger partial charge on any atom is -0.495 e. The van der Waals surface area contributed by atoms with Gasteiger partial charge in [-0.2, -0.15) is 0 Å². The van der Waals surface area contributed by atoms with E-state index in [1.54, 1.807) is 30.5 Å². The van der Waals surface area contributed by atoms with Gasteiger partial charge in [0.05, 0.1) is 25.5 Å². The average Bonchev–Trinajstić information content (AvgIpc) is 3.08. The van der Waals surface area contributed by atoms with Gasteiger partial charge in [-0.15, -0.1) is 0 Å². The van der Waals surface area contributed by atoms with Crippen LogP contribution in [0.2, 0.25) is 0 Å². The van der Waals surface area contributed by atoms with Crippen LogP contribution in [0, 0.1) is 13.8 Å². The molecule has 0 unspecified atom stereocenters. The van der Waals surface area contributed by atoms with Crippen LogP contribution >= 0.6 is 0 Å². The van der Waals surface area contributed by atoms with E-state index in [9.17, 15) is 9.59 Å². The molecule has 6 nitrogen and oxygen atoms in total. The first-order valence-electron chi connectivity index (χ1n) is 9.00. The molecular weight excluding hydrogens is 358 g/mol. The number of anilines is 1. The topological polar surface area (TPSA) is 77.8 Å². The van der Waals surface area contributed by atoms with Crippen LogP contribution in [0.5, 0.6) is 5.75 Å². The molecule has 146 valence electrons. The number of methoxy groups -OCH3 is 1. The Kier molecular flexibility index (Phi) is 5.68. The number of esters is 1. The first kappa shape index (κ1) is 19.5. The number of carbonyl (C=O) groups is 2. The number of benzene rings is 2. The summed E-state index contributed by atoms with van der Waals surface area (Å²) in [5, 5.41) is 3.59.